The van der Waals surface area contributed by atoms with Crippen molar-refractivity contribution < 1.29 is 14.1 Å². The number of carbonyl (C=O) groups excluding carboxylic acids is 1. The van der Waals surface area contributed by atoms with Crippen LogP contribution < -0.4 is 15.4 Å². The van der Waals surface area contributed by atoms with Crippen LogP contribution in [0.5, 0.6) is 5.88 Å². The van der Waals surface area contributed by atoms with Gasteiger partial charge >= 0.3 is 0 Å². The highest BCUT2D eigenvalue weighted by atomic mass is 16.5. The molecule has 0 radical (unpaired) electrons. The molecule has 19 heavy (non-hydrogen) atoms. The molecular weight excluding hydrogens is 246 g/mol. The van der Waals surface area contributed by atoms with E-state index >= 15 is 0 Å². The van der Waals surface area contributed by atoms with Crippen LogP contribution in [0.25, 0.3) is 0 Å². The van der Waals surface area contributed by atoms with Crippen molar-refractivity contribution in [3.63, 3.8) is 0 Å². The average Bonchev–Trinajstić information content (AvgIpc) is 2.89. The van der Waals surface area contributed by atoms with Crippen LogP contribution in [-0.2, 0) is 0 Å². The number of amides is 1. The standard InChI is InChI=1S/C13H15N3O3/c1-14-7-8-18-12-9-11(19-16-12)13(17)15-10-5-3-2-4-6-10/h2-6,9,14H,7-8H2,1H3,(H,15,17). The summed E-state index contributed by atoms with van der Waals surface area (Å²) >= 11 is 0. The van der Waals surface area contributed by atoms with E-state index in [1.807, 2.05) is 25.2 Å². The lowest BCUT2D eigenvalue weighted by molar-refractivity contribution is 0.0987. The van der Waals surface area contributed by atoms with Crippen molar-refractivity contribution in [1.82, 2.24) is 10.5 Å². The number of hydrogen-bond acceptors (Lipinski definition) is 5. The zero-order valence-corrected chi connectivity index (χ0v) is 10.6. The van der Waals surface area contributed by atoms with Crippen molar-refractivity contribution in [2.75, 3.05) is 25.5 Å². The Kier molecular flexibility index (Phi) is 4.52. The first kappa shape index (κ1) is 13.1. The molecule has 0 bridgehead atoms. The molecule has 1 amide bonds. The first-order valence-corrected chi connectivity index (χ1v) is 5.90. The van der Waals surface area contributed by atoms with E-state index in [9.17, 15) is 4.79 Å². The molecule has 1 aromatic carbocycles. The molecule has 0 saturated heterocycles. The highest BCUT2D eigenvalue weighted by Gasteiger charge is 2.13. The molecule has 1 aromatic heterocycles. The van der Waals surface area contributed by atoms with E-state index in [1.165, 1.54) is 6.07 Å². The topological polar surface area (TPSA) is 76.4 Å². The molecule has 0 saturated carbocycles. The molecule has 0 atom stereocenters. The van der Waals surface area contributed by atoms with Gasteiger partial charge in [0, 0.05) is 12.2 Å². The number of carbonyl (C=O) groups is 1. The summed E-state index contributed by atoms with van der Waals surface area (Å²) in [5.74, 6) is 0.0546. The van der Waals surface area contributed by atoms with Gasteiger partial charge in [0.05, 0.1) is 6.07 Å². The number of benzene rings is 1. The van der Waals surface area contributed by atoms with Crippen molar-refractivity contribution in [3.8, 4) is 5.88 Å². The Hall–Kier alpha value is -2.34. The van der Waals surface area contributed by atoms with Crippen molar-refractivity contribution in [2.24, 2.45) is 0 Å². The highest BCUT2D eigenvalue weighted by molar-refractivity contribution is 6.02. The number of anilines is 1. The molecule has 2 N–H and O–H groups in total. The van der Waals surface area contributed by atoms with E-state index in [0.717, 1.165) is 0 Å². The number of rotatable bonds is 6. The number of hydrogen-bond donors (Lipinski definition) is 2. The average molecular weight is 261 g/mol. The third kappa shape index (κ3) is 3.82. The highest BCUT2D eigenvalue weighted by Crippen LogP contribution is 2.13. The fraction of sp³-hybridized carbons (Fsp3) is 0.231. The Balaban J connectivity index is 1.92. The molecule has 2 rings (SSSR count). The minimum absolute atomic E-state index is 0.114. The summed E-state index contributed by atoms with van der Waals surface area (Å²) in [6.07, 6.45) is 0. The van der Waals surface area contributed by atoms with Crippen molar-refractivity contribution in [1.29, 1.82) is 0 Å². The normalized spacial score (nSPS) is 10.2. The van der Waals surface area contributed by atoms with Gasteiger partial charge in [0.1, 0.15) is 6.61 Å². The van der Waals surface area contributed by atoms with Crippen LogP contribution >= 0.6 is 0 Å². The molecule has 6 heteroatoms. The predicted octanol–water partition coefficient (Wildman–Crippen LogP) is 1.53. The van der Waals surface area contributed by atoms with Crippen molar-refractivity contribution >= 4 is 11.6 Å². The van der Waals surface area contributed by atoms with Gasteiger partial charge in [-0.3, -0.25) is 4.79 Å². The molecule has 0 fully saturated rings. The summed E-state index contributed by atoms with van der Waals surface area (Å²) < 4.78 is 10.2. The van der Waals surface area contributed by atoms with Crippen molar-refractivity contribution in [3.05, 3.63) is 42.2 Å². The predicted molar refractivity (Wildman–Crippen MR) is 70.3 cm³/mol. The Labute approximate surface area is 110 Å². The van der Waals surface area contributed by atoms with Gasteiger partial charge in [-0.1, -0.05) is 18.2 Å². The molecule has 1 heterocycles. The smallest absolute Gasteiger partial charge is 0.294 e. The second kappa shape index (κ2) is 6.55. The molecule has 2 aromatic rings. The first-order chi connectivity index (χ1) is 9.29. The third-order valence-electron chi connectivity index (χ3n) is 2.35. The van der Waals surface area contributed by atoms with Gasteiger partial charge in [0.15, 0.2) is 0 Å². The van der Waals surface area contributed by atoms with Crippen molar-refractivity contribution in [2.45, 2.75) is 0 Å². The number of nitrogens with zero attached hydrogens (tertiary/aromatic N) is 1. The van der Waals surface area contributed by atoms with Crippen LogP contribution in [0, 0.1) is 0 Å². The molecule has 0 spiro atoms. The fourth-order valence-electron chi connectivity index (χ4n) is 1.41. The monoisotopic (exact) mass is 261 g/mol. The molecule has 0 unspecified atom stereocenters. The van der Waals surface area contributed by atoms with Gasteiger partial charge in [0.2, 0.25) is 5.76 Å². The maximum absolute atomic E-state index is 11.8. The lowest BCUT2D eigenvalue weighted by Gasteiger charge is -2.00. The zero-order valence-electron chi connectivity index (χ0n) is 10.6. The van der Waals surface area contributed by atoms with Crippen LogP contribution in [0.4, 0.5) is 5.69 Å². The lowest BCUT2D eigenvalue weighted by atomic mass is 10.3. The van der Waals surface area contributed by atoms with Crippen LogP contribution in [0.15, 0.2) is 40.9 Å². The number of aromatic nitrogens is 1. The molecule has 0 aliphatic heterocycles. The summed E-state index contributed by atoms with van der Waals surface area (Å²) in [6, 6.07) is 10.6. The van der Waals surface area contributed by atoms with E-state index in [1.54, 1.807) is 12.1 Å². The van der Waals surface area contributed by atoms with E-state index in [0.29, 0.717) is 24.7 Å². The zero-order chi connectivity index (χ0) is 13.5. The number of ether oxygens (including phenoxy) is 1. The summed E-state index contributed by atoms with van der Waals surface area (Å²) in [6.45, 7) is 1.15. The van der Waals surface area contributed by atoms with Gasteiger partial charge in [-0.25, -0.2) is 0 Å². The molecule has 6 nitrogen and oxygen atoms in total. The quantitative estimate of drug-likeness (QED) is 0.771. The van der Waals surface area contributed by atoms with Gasteiger partial charge in [-0.15, -0.1) is 0 Å². The molecule has 100 valence electrons. The van der Waals surface area contributed by atoms with Gasteiger partial charge in [0.25, 0.3) is 11.8 Å². The van der Waals surface area contributed by atoms with Crippen LogP contribution in [0.3, 0.4) is 0 Å². The minimum atomic E-state index is -0.359. The SMILES string of the molecule is CNCCOc1cc(C(=O)Nc2ccccc2)on1. The Morgan fingerprint density at radius 3 is 2.89 bits per heavy atom. The van der Waals surface area contributed by atoms with E-state index in [4.69, 9.17) is 9.26 Å². The minimum Gasteiger partial charge on any atom is -0.474 e. The maximum atomic E-state index is 11.8. The number of likely N-dealkylation sites (N-methyl/N-ethyl adjacent to an activating group) is 1. The van der Waals surface area contributed by atoms with E-state index < -0.39 is 0 Å². The molecular formula is C13H15N3O3. The third-order valence-corrected chi connectivity index (χ3v) is 2.35. The van der Waals surface area contributed by atoms with Crippen LogP contribution in [-0.4, -0.2) is 31.3 Å². The Morgan fingerprint density at radius 2 is 2.16 bits per heavy atom. The Bertz CT molecular complexity index is 525. The van der Waals surface area contributed by atoms with Crippen LogP contribution in [0.1, 0.15) is 10.6 Å². The summed E-state index contributed by atoms with van der Waals surface area (Å²) in [5.41, 5.74) is 0.696. The summed E-state index contributed by atoms with van der Waals surface area (Å²) in [5, 5.41) is 9.30. The molecule has 0 aliphatic carbocycles. The first-order valence-electron chi connectivity index (χ1n) is 5.90. The lowest BCUT2D eigenvalue weighted by Crippen LogP contribution is -2.16. The van der Waals surface area contributed by atoms with Gasteiger partial charge in [-0.2, -0.15) is 0 Å². The van der Waals surface area contributed by atoms with Gasteiger partial charge in [-0.05, 0) is 24.3 Å². The van der Waals surface area contributed by atoms with Crippen LogP contribution in [0.2, 0.25) is 0 Å². The second-order valence-corrected chi connectivity index (χ2v) is 3.80. The molecule has 0 aliphatic rings. The Morgan fingerprint density at radius 1 is 1.37 bits per heavy atom. The number of nitrogens with one attached hydrogen (secondary N) is 2. The van der Waals surface area contributed by atoms with E-state index in [-0.39, 0.29) is 11.7 Å². The maximum Gasteiger partial charge on any atom is 0.294 e. The van der Waals surface area contributed by atoms with Gasteiger partial charge < -0.3 is 19.9 Å². The second-order valence-electron chi connectivity index (χ2n) is 3.80. The summed E-state index contributed by atoms with van der Waals surface area (Å²) in [7, 11) is 1.82. The summed E-state index contributed by atoms with van der Waals surface area (Å²) in [4.78, 5) is 11.8. The van der Waals surface area contributed by atoms with E-state index in [2.05, 4.69) is 15.8 Å². The number of para-hydroxylation sites is 1. The largest absolute Gasteiger partial charge is 0.474 e. The fourth-order valence-corrected chi connectivity index (χ4v) is 1.41.